The Morgan fingerprint density at radius 1 is 0.941 bits per heavy atom. The third-order valence-corrected chi connectivity index (χ3v) is 9.77. The van der Waals surface area contributed by atoms with Crippen LogP contribution in [-0.2, 0) is 19.5 Å². The van der Waals surface area contributed by atoms with Gasteiger partial charge in [-0.05, 0) is 109 Å². The lowest BCUT2D eigenvalue weighted by Crippen LogP contribution is -2.58. The molecular formula is C27H40BN3O3. The Morgan fingerprint density at radius 3 is 2.24 bits per heavy atom. The summed E-state index contributed by atoms with van der Waals surface area (Å²) < 4.78 is 12.7. The van der Waals surface area contributed by atoms with E-state index in [9.17, 15) is 4.79 Å². The number of fused-ring (bicyclic) bond motifs is 2. The zero-order valence-electron chi connectivity index (χ0n) is 21.4. The molecule has 3 saturated heterocycles. The van der Waals surface area contributed by atoms with Crippen LogP contribution in [0.4, 0.5) is 5.69 Å². The molecule has 34 heavy (non-hydrogen) atoms. The molecule has 7 heteroatoms. The molecule has 6 rings (SSSR count). The summed E-state index contributed by atoms with van der Waals surface area (Å²) in [6.45, 7) is 12.6. The van der Waals surface area contributed by atoms with Crippen molar-refractivity contribution in [3.8, 4) is 0 Å². The Balaban J connectivity index is 1.31. The number of benzene rings is 1. The maximum absolute atomic E-state index is 14.1. The van der Waals surface area contributed by atoms with Gasteiger partial charge >= 0.3 is 7.12 Å². The number of amides is 1. The predicted octanol–water partition coefficient (Wildman–Crippen LogP) is 2.97. The number of anilines is 1. The third-order valence-electron chi connectivity index (χ3n) is 9.77. The number of nitrogens with zero attached hydrogens (tertiary/aromatic N) is 2. The van der Waals surface area contributed by atoms with Crippen molar-refractivity contribution in [2.24, 2.45) is 0 Å². The number of carbonyl (C=O) groups excluding carboxylic acids is 1. The van der Waals surface area contributed by atoms with Crippen molar-refractivity contribution in [3.05, 3.63) is 23.8 Å². The molecule has 1 spiro atoms. The SMILES string of the molecule is CC1(C)OB(c2ccc3c(c2)N([C@H]2C[C@@H](N4CCCCC4)C2)C(=O)C32CCNCC2)OC1(C)C. The van der Waals surface area contributed by atoms with Crippen LogP contribution in [0.25, 0.3) is 0 Å². The van der Waals surface area contributed by atoms with Gasteiger partial charge in [-0.2, -0.15) is 0 Å². The first-order valence-electron chi connectivity index (χ1n) is 13.5. The van der Waals surface area contributed by atoms with Crippen LogP contribution in [0, 0.1) is 0 Å². The van der Waals surface area contributed by atoms with E-state index in [4.69, 9.17) is 9.31 Å². The minimum Gasteiger partial charge on any atom is -0.399 e. The van der Waals surface area contributed by atoms with Crippen LogP contribution >= 0.6 is 0 Å². The van der Waals surface area contributed by atoms with Gasteiger partial charge in [-0.3, -0.25) is 4.79 Å². The van der Waals surface area contributed by atoms with E-state index in [0.29, 0.717) is 18.0 Å². The maximum atomic E-state index is 14.1. The Kier molecular flexibility index (Phi) is 5.45. The van der Waals surface area contributed by atoms with E-state index < -0.39 is 7.12 Å². The highest BCUT2D eigenvalue weighted by molar-refractivity contribution is 6.62. The number of likely N-dealkylation sites (tertiary alicyclic amines) is 1. The molecule has 4 fully saturated rings. The van der Waals surface area contributed by atoms with E-state index in [0.717, 1.165) is 49.9 Å². The number of piperidine rings is 2. The molecule has 1 aliphatic carbocycles. The lowest BCUT2D eigenvalue weighted by molar-refractivity contribution is -0.125. The quantitative estimate of drug-likeness (QED) is 0.696. The largest absolute Gasteiger partial charge is 0.494 e. The minimum absolute atomic E-state index is 0.306. The first-order valence-corrected chi connectivity index (χ1v) is 13.5. The summed E-state index contributed by atoms with van der Waals surface area (Å²) >= 11 is 0. The number of hydrogen-bond donors (Lipinski definition) is 1. The summed E-state index contributed by atoms with van der Waals surface area (Å²) in [4.78, 5) is 19.0. The van der Waals surface area contributed by atoms with Crippen LogP contribution in [0.2, 0.25) is 0 Å². The lowest BCUT2D eigenvalue weighted by atomic mass is 9.72. The van der Waals surface area contributed by atoms with Gasteiger partial charge in [0.15, 0.2) is 0 Å². The van der Waals surface area contributed by atoms with E-state index >= 15 is 0 Å². The van der Waals surface area contributed by atoms with Gasteiger partial charge in [-0.15, -0.1) is 0 Å². The Bertz CT molecular complexity index is 946. The second-order valence-corrected chi connectivity index (χ2v) is 12.2. The van der Waals surface area contributed by atoms with Crippen LogP contribution in [0.5, 0.6) is 0 Å². The van der Waals surface area contributed by atoms with Gasteiger partial charge < -0.3 is 24.4 Å². The molecule has 1 aromatic carbocycles. The molecule has 0 radical (unpaired) electrons. The molecule has 5 aliphatic rings. The Hall–Kier alpha value is -1.41. The van der Waals surface area contributed by atoms with Crippen LogP contribution in [0.3, 0.4) is 0 Å². The number of hydrogen-bond acceptors (Lipinski definition) is 5. The van der Waals surface area contributed by atoms with Crippen LogP contribution in [0.1, 0.15) is 78.2 Å². The normalized spacial score (nSPS) is 32.2. The zero-order valence-corrected chi connectivity index (χ0v) is 21.4. The molecule has 0 atom stereocenters. The molecule has 0 aromatic heterocycles. The van der Waals surface area contributed by atoms with E-state index in [1.165, 1.54) is 37.9 Å². The molecule has 1 aromatic rings. The highest BCUT2D eigenvalue weighted by atomic mass is 16.7. The number of nitrogens with one attached hydrogen (secondary N) is 1. The van der Waals surface area contributed by atoms with Gasteiger partial charge in [0, 0.05) is 17.8 Å². The topological polar surface area (TPSA) is 54.0 Å². The van der Waals surface area contributed by atoms with Gasteiger partial charge in [0.1, 0.15) is 0 Å². The van der Waals surface area contributed by atoms with Gasteiger partial charge in [0.05, 0.1) is 16.6 Å². The van der Waals surface area contributed by atoms with Crippen molar-refractivity contribution < 1.29 is 14.1 Å². The highest BCUT2D eigenvalue weighted by Crippen LogP contribution is 2.50. The summed E-state index contributed by atoms with van der Waals surface area (Å²) in [6, 6.07) is 7.50. The smallest absolute Gasteiger partial charge is 0.399 e. The summed E-state index contributed by atoms with van der Waals surface area (Å²) in [6.07, 6.45) is 7.96. The highest BCUT2D eigenvalue weighted by Gasteiger charge is 2.56. The Labute approximate surface area is 204 Å². The molecule has 4 heterocycles. The number of carbonyl (C=O) groups is 1. The second-order valence-electron chi connectivity index (χ2n) is 12.2. The molecule has 0 bridgehead atoms. The average molecular weight is 465 g/mol. The molecule has 4 aliphatic heterocycles. The Morgan fingerprint density at radius 2 is 1.59 bits per heavy atom. The summed E-state index contributed by atoms with van der Waals surface area (Å²) in [5.74, 6) is 0.331. The van der Waals surface area contributed by atoms with Crippen LogP contribution in [-0.4, -0.2) is 67.4 Å². The molecule has 0 unspecified atom stereocenters. The first kappa shape index (κ1) is 23.0. The molecule has 1 N–H and O–H groups in total. The van der Waals surface area contributed by atoms with Crippen LogP contribution in [0.15, 0.2) is 18.2 Å². The van der Waals surface area contributed by atoms with Crippen molar-refractivity contribution in [1.29, 1.82) is 0 Å². The lowest BCUT2D eigenvalue weighted by Gasteiger charge is -2.48. The molecule has 1 amide bonds. The van der Waals surface area contributed by atoms with Gasteiger partial charge in [-0.1, -0.05) is 18.6 Å². The summed E-state index contributed by atoms with van der Waals surface area (Å²) in [5.41, 5.74) is 2.23. The molecular weight excluding hydrogens is 425 g/mol. The fourth-order valence-electron chi connectivity index (χ4n) is 6.78. The minimum atomic E-state index is -0.403. The van der Waals surface area contributed by atoms with Gasteiger partial charge in [0.2, 0.25) is 5.91 Å². The van der Waals surface area contributed by atoms with Crippen molar-refractivity contribution in [2.45, 2.75) is 101 Å². The second kappa shape index (κ2) is 8.05. The predicted molar refractivity (Wildman–Crippen MR) is 136 cm³/mol. The van der Waals surface area contributed by atoms with E-state index in [1.54, 1.807) is 0 Å². The summed E-state index contributed by atoms with van der Waals surface area (Å²) in [7, 11) is -0.403. The maximum Gasteiger partial charge on any atom is 0.494 e. The standard InChI is InChI=1S/C27H40BN3O3/c1-25(2)26(3,4)34-28(33-25)19-8-9-22-23(16-19)31(24(32)27(22)10-12-29-13-11-27)21-17-20(18-21)30-14-6-5-7-15-30/h8-9,16,20-21,29H,5-7,10-15,17-18H2,1-4H3/t20-,21+. The fourth-order valence-corrected chi connectivity index (χ4v) is 6.78. The fraction of sp³-hybridized carbons (Fsp3) is 0.741. The number of rotatable bonds is 3. The first-order chi connectivity index (χ1) is 16.2. The average Bonchev–Trinajstić information content (AvgIpc) is 3.15. The summed E-state index contributed by atoms with van der Waals surface area (Å²) in [5, 5.41) is 3.47. The van der Waals surface area contributed by atoms with E-state index in [-0.39, 0.29) is 16.6 Å². The monoisotopic (exact) mass is 465 g/mol. The van der Waals surface area contributed by atoms with Crippen LogP contribution < -0.4 is 15.7 Å². The zero-order chi connectivity index (χ0) is 23.7. The van der Waals surface area contributed by atoms with Gasteiger partial charge in [-0.25, -0.2) is 0 Å². The van der Waals surface area contributed by atoms with E-state index in [2.05, 4.69) is 61.0 Å². The van der Waals surface area contributed by atoms with E-state index in [1.807, 2.05) is 0 Å². The molecule has 1 saturated carbocycles. The van der Waals surface area contributed by atoms with Crippen molar-refractivity contribution >= 4 is 24.2 Å². The van der Waals surface area contributed by atoms with Crippen molar-refractivity contribution in [3.63, 3.8) is 0 Å². The molecule has 184 valence electrons. The van der Waals surface area contributed by atoms with Crippen molar-refractivity contribution in [1.82, 2.24) is 10.2 Å². The third kappa shape index (κ3) is 3.41. The van der Waals surface area contributed by atoms with Gasteiger partial charge in [0.25, 0.3) is 0 Å². The van der Waals surface area contributed by atoms with Crippen molar-refractivity contribution in [2.75, 3.05) is 31.1 Å². The molecule has 6 nitrogen and oxygen atoms in total.